The summed E-state index contributed by atoms with van der Waals surface area (Å²) in [4.78, 5) is 11.0. The molecule has 0 aliphatic carbocycles. The Hall–Kier alpha value is -1.24. The van der Waals surface area contributed by atoms with Crippen LogP contribution in [-0.4, -0.2) is 24.2 Å². The van der Waals surface area contributed by atoms with Crippen LogP contribution in [-0.2, 0) is 9.05 Å². The van der Waals surface area contributed by atoms with E-state index >= 15 is 0 Å². The van der Waals surface area contributed by atoms with E-state index in [1.807, 2.05) is 0 Å². The summed E-state index contributed by atoms with van der Waals surface area (Å²) >= 11 is 5.73. The van der Waals surface area contributed by atoms with Crippen LogP contribution in [0.2, 0.25) is 5.02 Å². The number of aromatic nitrogens is 1. The van der Waals surface area contributed by atoms with Crippen molar-refractivity contribution in [2.24, 2.45) is 0 Å². The van der Waals surface area contributed by atoms with Gasteiger partial charge in [0, 0.05) is 21.1 Å². The zero-order valence-electron chi connectivity index (χ0n) is 8.09. The lowest BCUT2D eigenvalue weighted by molar-refractivity contribution is 0.195. The van der Waals surface area contributed by atoms with Gasteiger partial charge in [-0.1, -0.05) is 11.6 Å². The SMILES string of the molecule is O=C(O)n1c(S(=O)(=O)Cl)cc2cc(Cl)ccc21. The molecular formula is C9H5Cl2NO4S. The van der Waals surface area contributed by atoms with Gasteiger partial charge in [0.05, 0.1) is 5.52 Å². The molecular weight excluding hydrogens is 289 g/mol. The molecule has 0 aliphatic heterocycles. The second-order valence-electron chi connectivity index (χ2n) is 3.24. The molecule has 1 N–H and O–H groups in total. The Labute approximate surface area is 106 Å². The van der Waals surface area contributed by atoms with Crippen molar-refractivity contribution in [3.8, 4) is 0 Å². The molecule has 0 atom stereocenters. The van der Waals surface area contributed by atoms with Crippen LogP contribution in [0.1, 0.15) is 0 Å². The van der Waals surface area contributed by atoms with E-state index in [-0.39, 0.29) is 5.52 Å². The van der Waals surface area contributed by atoms with Crippen molar-refractivity contribution in [3.63, 3.8) is 0 Å². The average Bonchev–Trinajstić information content (AvgIpc) is 2.55. The zero-order valence-corrected chi connectivity index (χ0v) is 10.4. The molecule has 1 aromatic carbocycles. The fourth-order valence-electron chi connectivity index (χ4n) is 1.54. The Morgan fingerprint density at radius 3 is 2.47 bits per heavy atom. The number of halogens is 2. The number of fused-ring (bicyclic) bond motifs is 1. The van der Waals surface area contributed by atoms with Crippen LogP contribution in [0, 0.1) is 0 Å². The Morgan fingerprint density at radius 2 is 1.94 bits per heavy atom. The number of carbonyl (C=O) groups is 1. The van der Waals surface area contributed by atoms with Gasteiger partial charge in [-0.2, -0.15) is 0 Å². The van der Waals surface area contributed by atoms with E-state index in [1.165, 1.54) is 18.2 Å². The summed E-state index contributed by atoms with van der Waals surface area (Å²) in [6, 6.07) is 5.50. The second-order valence-corrected chi connectivity index (χ2v) is 6.19. The summed E-state index contributed by atoms with van der Waals surface area (Å²) in [7, 11) is 1.03. The van der Waals surface area contributed by atoms with Crippen LogP contribution in [0.4, 0.5) is 4.79 Å². The van der Waals surface area contributed by atoms with Gasteiger partial charge in [-0.25, -0.2) is 17.8 Å². The van der Waals surface area contributed by atoms with E-state index in [9.17, 15) is 13.2 Å². The first kappa shape index (κ1) is 12.2. The normalized spacial score (nSPS) is 11.9. The number of hydrogen-bond acceptors (Lipinski definition) is 3. The lowest BCUT2D eigenvalue weighted by Crippen LogP contribution is -2.12. The van der Waals surface area contributed by atoms with E-state index < -0.39 is 20.2 Å². The van der Waals surface area contributed by atoms with Gasteiger partial charge in [-0.3, -0.25) is 0 Å². The minimum atomic E-state index is -4.14. The van der Waals surface area contributed by atoms with Crippen molar-refractivity contribution < 1.29 is 18.3 Å². The third kappa shape index (κ3) is 2.11. The molecule has 90 valence electrons. The summed E-state index contributed by atoms with van der Waals surface area (Å²) in [5, 5.41) is 9.26. The molecule has 0 saturated heterocycles. The number of benzene rings is 1. The fourth-order valence-corrected chi connectivity index (χ4v) is 2.72. The molecule has 0 amide bonds. The van der Waals surface area contributed by atoms with Crippen LogP contribution >= 0.6 is 22.3 Å². The molecule has 0 saturated carbocycles. The smallest absolute Gasteiger partial charge is 0.417 e. The Bertz CT molecular complexity index is 720. The summed E-state index contributed by atoms with van der Waals surface area (Å²) < 4.78 is 23.1. The Balaban J connectivity index is 2.94. The lowest BCUT2D eigenvalue weighted by Gasteiger charge is -2.01. The van der Waals surface area contributed by atoms with Gasteiger partial charge in [0.25, 0.3) is 9.05 Å². The van der Waals surface area contributed by atoms with E-state index in [0.29, 0.717) is 15.0 Å². The van der Waals surface area contributed by atoms with Crippen molar-refractivity contribution in [2.45, 2.75) is 5.03 Å². The van der Waals surface area contributed by atoms with Gasteiger partial charge in [-0.15, -0.1) is 0 Å². The highest BCUT2D eigenvalue weighted by Crippen LogP contribution is 2.27. The van der Waals surface area contributed by atoms with Gasteiger partial charge in [0.15, 0.2) is 5.03 Å². The molecule has 17 heavy (non-hydrogen) atoms. The predicted molar refractivity (Wildman–Crippen MR) is 63.4 cm³/mol. The molecule has 8 heteroatoms. The van der Waals surface area contributed by atoms with Crippen molar-refractivity contribution in [3.05, 3.63) is 29.3 Å². The summed E-state index contributed by atoms with van der Waals surface area (Å²) in [5.41, 5.74) is 0.209. The molecule has 0 spiro atoms. The van der Waals surface area contributed by atoms with Crippen LogP contribution < -0.4 is 0 Å². The predicted octanol–water partition coefficient (Wildman–Crippen LogP) is 2.75. The van der Waals surface area contributed by atoms with E-state index in [1.54, 1.807) is 0 Å². The molecule has 2 rings (SSSR count). The molecule has 0 bridgehead atoms. The number of hydrogen-bond donors (Lipinski definition) is 1. The summed E-state index contributed by atoms with van der Waals surface area (Å²) in [6.45, 7) is 0. The van der Waals surface area contributed by atoms with Gasteiger partial charge in [0.1, 0.15) is 0 Å². The number of rotatable bonds is 1. The Morgan fingerprint density at radius 1 is 1.29 bits per heavy atom. The van der Waals surface area contributed by atoms with Gasteiger partial charge in [0.2, 0.25) is 0 Å². The molecule has 1 heterocycles. The molecule has 0 fully saturated rings. The van der Waals surface area contributed by atoms with Crippen molar-refractivity contribution in [1.82, 2.24) is 4.57 Å². The molecule has 2 aromatic rings. The minimum absolute atomic E-state index is 0.209. The van der Waals surface area contributed by atoms with Crippen molar-refractivity contribution in [2.75, 3.05) is 0 Å². The molecule has 1 aromatic heterocycles. The average molecular weight is 294 g/mol. The maximum absolute atomic E-state index is 11.3. The van der Waals surface area contributed by atoms with Gasteiger partial charge in [-0.05, 0) is 24.3 Å². The Kier molecular flexibility index (Phi) is 2.81. The maximum atomic E-state index is 11.3. The van der Waals surface area contributed by atoms with Gasteiger partial charge >= 0.3 is 6.09 Å². The van der Waals surface area contributed by atoms with Crippen molar-refractivity contribution in [1.29, 1.82) is 0 Å². The van der Waals surface area contributed by atoms with E-state index in [0.717, 1.165) is 6.07 Å². The van der Waals surface area contributed by atoms with Crippen molar-refractivity contribution >= 4 is 48.3 Å². The third-order valence-corrected chi connectivity index (χ3v) is 3.68. The molecule has 5 nitrogen and oxygen atoms in total. The lowest BCUT2D eigenvalue weighted by atomic mass is 10.2. The standard InChI is InChI=1S/C9H5Cl2NO4S/c10-6-1-2-7-5(3-6)4-8(17(11,15)16)12(7)9(13)14/h1-4H,(H,13,14). The number of nitrogens with zero attached hydrogens (tertiary/aromatic N) is 1. The molecule has 0 unspecified atom stereocenters. The first-order valence-electron chi connectivity index (χ1n) is 4.29. The fraction of sp³-hybridized carbons (Fsp3) is 0. The first-order chi connectivity index (χ1) is 7.80. The molecule has 0 aliphatic rings. The highest BCUT2D eigenvalue weighted by Gasteiger charge is 2.23. The summed E-state index contributed by atoms with van der Waals surface area (Å²) in [6.07, 6.45) is -1.43. The van der Waals surface area contributed by atoms with Crippen LogP contribution in [0.25, 0.3) is 10.9 Å². The first-order valence-corrected chi connectivity index (χ1v) is 6.98. The zero-order chi connectivity index (χ0) is 12.8. The summed E-state index contributed by atoms with van der Waals surface area (Å²) in [5.74, 6) is 0. The monoisotopic (exact) mass is 293 g/mol. The molecule has 0 radical (unpaired) electrons. The van der Waals surface area contributed by atoms with Crippen LogP contribution in [0.3, 0.4) is 0 Å². The van der Waals surface area contributed by atoms with Crippen LogP contribution in [0.15, 0.2) is 29.3 Å². The van der Waals surface area contributed by atoms with Crippen LogP contribution in [0.5, 0.6) is 0 Å². The number of carboxylic acid groups (broad SMARTS) is 1. The minimum Gasteiger partial charge on any atom is -0.464 e. The topological polar surface area (TPSA) is 76.4 Å². The highest BCUT2D eigenvalue weighted by atomic mass is 35.7. The maximum Gasteiger partial charge on any atom is 0.417 e. The van der Waals surface area contributed by atoms with E-state index in [4.69, 9.17) is 27.4 Å². The van der Waals surface area contributed by atoms with Gasteiger partial charge < -0.3 is 5.11 Å². The largest absolute Gasteiger partial charge is 0.464 e. The van der Waals surface area contributed by atoms with E-state index in [2.05, 4.69) is 0 Å². The quantitative estimate of drug-likeness (QED) is 0.820. The highest BCUT2D eigenvalue weighted by molar-refractivity contribution is 8.13. The second kappa shape index (κ2) is 3.90. The third-order valence-electron chi connectivity index (χ3n) is 2.17.